The van der Waals surface area contributed by atoms with E-state index in [1.54, 1.807) is 42.8 Å². The lowest BCUT2D eigenvalue weighted by Crippen LogP contribution is -2.41. The van der Waals surface area contributed by atoms with Crippen molar-refractivity contribution in [2.75, 3.05) is 19.5 Å². The Labute approximate surface area is 193 Å². The van der Waals surface area contributed by atoms with Crippen molar-refractivity contribution in [3.63, 3.8) is 0 Å². The van der Waals surface area contributed by atoms with E-state index in [0.29, 0.717) is 22.7 Å². The van der Waals surface area contributed by atoms with Crippen LogP contribution in [-0.2, 0) is 18.4 Å². The van der Waals surface area contributed by atoms with Gasteiger partial charge in [0.15, 0.2) is 0 Å². The molecule has 0 spiro atoms. The molecule has 4 aromatic rings. The van der Waals surface area contributed by atoms with Gasteiger partial charge in [-0.3, -0.25) is 14.2 Å². The number of amides is 1. The van der Waals surface area contributed by atoms with Crippen molar-refractivity contribution in [1.82, 2.24) is 13.7 Å². The second kappa shape index (κ2) is 8.89. The summed E-state index contributed by atoms with van der Waals surface area (Å²) in [7, 11) is 4.69. The van der Waals surface area contributed by atoms with Gasteiger partial charge in [0.25, 0.3) is 5.56 Å². The van der Waals surface area contributed by atoms with Gasteiger partial charge in [0.05, 0.1) is 25.4 Å². The zero-order valence-corrected chi connectivity index (χ0v) is 19.1. The highest BCUT2D eigenvalue weighted by Gasteiger charge is 2.20. The topological polar surface area (TPSA) is 96.5 Å². The Morgan fingerprint density at radius 3 is 2.21 bits per heavy atom. The van der Waals surface area contributed by atoms with Gasteiger partial charge in [0.2, 0.25) is 5.91 Å². The quantitative estimate of drug-likeness (QED) is 0.471. The van der Waals surface area contributed by atoms with Gasteiger partial charge in [0.1, 0.15) is 29.4 Å². The summed E-state index contributed by atoms with van der Waals surface area (Å²) in [5.74, 6) is -0.0268. The number of aromatic nitrogens is 3. The predicted molar refractivity (Wildman–Crippen MR) is 126 cm³/mol. The molecule has 0 radical (unpaired) electrons. The van der Waals surface area contributed by atoms with Gasteiger partial charge in [-0.05, 0) is 37.3 Å². The SMILES string of the molecule is COc1cc(NC(=O)Cn2c(=O)n(-c3ccc(F)cc3)c(=O)c3c2cc(C)n3C)cc(OC)c1. The van der Waals surface area contributed by atoms with E-state index in [9.17, 15) is 18.8 Å². The molecule has 0 saturated heterocycles. The minimum Gasteiger partial charge on any atom is -0.497 e. The minimum atomic E-state index is -0.715. The van der Waals surface area contributed by atoms with Gasteiger partial charge in [-0.15, -0.1) is 0 Å². The molecule has 0 bridgehead atoms. The number of rotatable bonds is 6. The molecular formula is C24H23FN4O5. The maximum atomic E-state index is 13.4. The second-order valence-corrected chi connectivity index (χ2v) is 7.71. The Hall–Kier alpha value is -4.34. The molecule has 0 saturated carbocycles. The number of carbonyl (C=O) groups is 1. The average molecular weight is 466 g/mol. The molecule has 2 aromatic heterocycles. The number of methoxy groups -OCH3 is 2. The van der Waals surface area contributed by atoms with Crippen LogP contribution in [0.1, 0.15) is 5.69 Å². The van der Waals surface area contributed by atoms with Crippen molar-refractivity contribution in [2.24, 2.45) is 7.05 Å². The predicted octanol–water partition coefficient (Wildman–Crippen LogP) is 2.59. The number of ether oxygens (including phenoxy) is 2. The van der Waals surface area contributed by atoms with Crippen LogP contribution in [0.4, 0.5) is 10.1 Å². The maximum Gasteiger partial charge on any atom is 0.336 e. The van der Waals surface area contributed by atoms with E-state index in [2.05, 4.69) is 5.32 Å². The van der Waals surface area contributed by atoms with Crippen molar-refractivity contribution >= 4 is 22.6 Å². The smallest absolute Gasteiger partial charge is 0.336 e. The van der Waals surface area contributed by atoms with Crippen LogP contribution in [0.2, 0.25) is 0 Å². The number of aryl methyl sites for hydroxylation is 2. The molecule has 0 aliphatic carbocycles. The van der Waals surface area contributed by atoms with E-state index in [-0.39, 0.29) is 17.7 Å². The van der Waals surface area contributed by atoms with Gasteiger partial charge in [-0.2, -0.15) is 0 Å². The van der Waals surface area contributed by atoms with E-state index in [1.807, 2.05) is 0 Å². The molecule has 10 heteroatoms. The van der Waals surface area contributed by atoms with Crippen LogP contribution in [0.15, 0.2) is 58.1 Å². The fourth-order valence-corrected chi connectivity index (χ4v) is 3.78. The average Bonchev–Trinajstić information content (AvgIpc) is 3.11. The normalized spacial score (nSPS) is 11.0. The first-order valence-electron chi connectivity index (χ1n) is 10.3. The summed E-state index contributed by atoms with van der Waals surface area (Å²) in [4.78, 5) is 39.6. The molecule has 0 fully saturated rings. The van der Waals surface area contributed by atoms with Crippen molar-refractivity contribution in [3.8, 4) is 17.2 Å². The van der Waals surface area contributed by atoms with Crippen LogP contribution >= 0.6 is 0 Å². The highest BCUT2D eigenvalue weighted by Crippen LogP contribution is 2.26. The molecule has 0 aliphatic rings. The van der Waals surface area contributed by atoms with E-state index >= 15 is 0 Å². The molecule has 2 heterocycles. The lowest BCUT2D eigenvalue weighted by molar-refractivity contribution is -0.116. The van der Waals surface area contributed by atoms with Crippen LogP contribution in [0.25, 0.3) is 16.7 Å². The Morgan fingerprint density at radius 1 is 1.00 bits per heavy atom. The van der Waals surface area contributed by atoms with E-state index < -0.39 is 23.0 Å². The summed E-state index contributed by atoms with van der Waals surface area (Å²) < 4.78 is 27.7. The molecule has 34 heavy (non-hydrogen) atoms. The number of benzene rings is 2. The summed E-state index contributed by atoms with van der Waals surface area (Å²) in [5.41, 5.74) is 0.647. The summed E-state index contributed by atoms with van der Waals surface area (Å²) in [6, 6.07) is 11.6. The molecule has 0 atom stereocenters. The summed E-state index contributed by atoms with van der Waals surface area (Å²) in [6.07, 6.45) is 0. The fraction of sp³-hybridized carbons (Fsp3) is 0.208. The van der Waals surface area contributed by atoms with E-state index in [0.717, 1.165) is 22.4 Å². The largest absolute Gasteiger partial charge is 0.497 e. The minimum absolute atomic E-state index is 0.198. The van der Waals surface area contributed by atoms with Crippen molar-refractivity contribution in [2.45, 2.75) is 13.5 Å². The standard InChI is InChI=1S/C24H23FN4O5/c1-14-9-20-22(27(14)2)23(31)29(17-7-5-15(25)6-8-17)24(32)28(20)13-21(30)26-16-10-18(33-3)12-19(11-16)34-4/h5-12H,13H2,1-4H3,(H,26,30). The first kappa shape index (κ1) is 22.8. The zero-order valence-electron chi connectivity index (χ0n) is 19.1. The number of fused-ring (bicyclic) bond motifs is 1. The highest BCUT2D eigenvalue weighted by atomic mass is 19.1. The summed E-state index contributed by atoms with van der Waals surface area (Å²) >= 11 is 0. The van der Waals surface area contributed by atoms with Crippen LogP contribution in [0, 0.1) is 12.7 Å². The molecule has 176 valence electrons. The second-order valence-electron chi connectivity index (χ2n) is 7.71. The molecular weight excluding hydrogens is 443 g/mol. The van der Waals surface area contributed by atoms with E-state index in [1.165, 1.54) is 30.9 Å². The van der Waals surface area contributed by atoms with Crippen molar-refractivity contribution < 1.29 is 18.7 Å². The Kier molecular flexibility index (Phi) is 5.97. The van der Waals surface area contributed by atoms with Crippen LogP contribution < -0.4 is 26.0 Å². The number of nitrogens with zero attached hydrogens (tertiary/aromatic N) is 3. The van der Waals surface area contributed by atoms with Gasteiger partial charge in [0, 0.05) is 36.6 Å². The number of hydrogen-bond donors (Lipinski definition) is 1. The summed E-state index contributed by atoms with van der Waals surface area (Å²) in [5, 5.41) is 2.73. The monoisotopic (exact) mass is 466 g/mol. The number of halogens is 1. The fourth-order valence-electron chi connectivity index (χ4n) is 3.78. The van der Waals surface area contributed by atoms with Gasteiger partial charge in [-0.25, -0.2) is 13.8 Å². The van der Waals surface area contributed by atoms with Gasteiger partial charge < -0.3 is 19.4 Å². The van der Waals surface area contributed by atoms with Crippen LogP contribution in [0.5, 0.6) is 11.5 Å². The first-order chi connectivity index (χ1) is 16.2. The molecule has 1 N–H and O–H groups in total. The summed E-state index contributed by atoms with van der Waals surface area (Å²) in [6.45, 7) is 1.43. The third kappa shape index (κ3) is 4.05. The molecule has 0 aliphatic heterocycles. The third-order valence-electron chi connectivity index (χ3n) is 5.59. The molecule has 2 aromatic carbocycles. The lowest BCUT2D eigenvalue weighted by atomic mass is 10.2. The zero-order chi connectivity index (χ0) is 24.6. The Morgan fingerprint density at radius 2 is 1.62 bits per heavy atom. The molecule has 1 amide bonds. The maximum absolute atomic E-state index is 13.4. The third-order valence-corrected chi connectivity index (χ3v) is 5.59. The number of anilines is 1. The van der Waals surface area contributed by atoms with Crippen molar-refractivity contribution in [1.29, 1.82) is 0 Å². The Balaban J connectivity index is 1.82. The van der Waals surface area contributed by atoms with Crippen molar-refractivity contribution in [3.05, 3.63) is 80.9 Å². The van der Waals surface area contributed by atoms with Crippen LogP contribution in [-0.4, -0.2) is 33.8 Å². The van der Waals surface area contributed by atoms with E-state index in [4.69, 9.17) is 9.47 Å². The Bertz CT molecular complexity index is 1490. The van der Waals surface area contributed by atoms with Gasteiger partial charge >= 0.3 is 5.69 Å². The number of nitrogens with one attached hydrogen (secondary N) is 1. The molecule has 0 unspecified atom stereocenters. The highest BCUT2D eigenvalue weighted by molar-refractivity contribution is 5.92. The van der Waals surface area contributed by atoms with Gasteiger partial charge in [-0.1, -0.05) is 0 Å². The lowest BCUT2D eigenvalue weighted by Gasteiger charge is -2.14. The number of hydrogen-bond acceptors (Lipinski definition) is 5. The van der Waals surface area contributed by atoms with Crippen LogP contribution in [0.3, 0.4) is 0 Å². The first-order valence-corrected chi connectivity index (χ1v) is 10.3. The number of carbonyl (C=O) groups excluding carboxylic acids is 1. The molecule has 4 rings (SSSR count). The molecule has 9 nitrogen and oxygen atoms in total.